The Balaban J connectivity index is 1.91. The fourth-order valence-corrected chi connectivity index (χ4v) is 2.11. The van der Waals surface area contributed by atoms with E-state index in [4.69, 9.17) is 16.3 Å². The SMILES string of the molecule is Clc1cc2nnc(CC3CCCO3)n2cn1. The fraction of sp³-hybridized carbons (Fsp3) is 0.500. The number of ether oxygens (including phenoxy) is 1. The van der Waals surface area contributed by atoms with Crippen LogP contribution >= 0.6 is 11.6 Å². The molecule has 0 saturated carbocycles. The molecule has 3 heterocycles. The first-order valence-corrected chi connectivity index (χ1v) is 5.67. The van der Waals surface area contributed by atoms with Crippen molar-refractivity contribution < 1.29 is 4.74 Å². The average Bonchev–Trinajstić information content (AvgIpc) is 2.89. The smallest absolute Gasteiger partial charge is 0.165 e. The monoisotopic (exact) mass is 238 g/mol. The van der Waals surface area contributed by atoms with Crippen LogP contribution in [0.5, 0.6) is 0 Å². The molecular formula is C10H11ClN4O. The third-order valence-electron chi connectivity index (χ3n) is 2.77. The minimum atomic E-state index is 0.267. The number of hydrogen-bond donors (Lipinski definition) is 0. The summed E-state index contributed by atoms with van der Waals surface area (Å²) in [6, 6.07) is 1.70. The van der Waals surface area contributed by atoms with Crippen LogP contribution in [0.3, 0.4) is 0 Å². The number of rotatable bonds is 2. The molecule has 1 fully saturated rings. The lowest BCUT2D eigenvalue weighted by molar-refractivity contribution is 0.109. The molecule has 2 aromatic rings. The molecule has 0 N–H and O–H groups in total. The molecule has 0 radical (unpaired) electrons. The van der Waals surface area contributed by atoms with Crippen LogP contribution in [0.2, 0.25) is 5.15 Å². The van der Waals surface area contributed by atoms with Gasteiger partial charge in [-0.05, 0) is 12.8 Å². The molecule has 0 spiro atoms. The van der Waals surface area contributed by atoms with Gasteiger partial charge in [-0.15, -0.1) is 10.2 Å². The van der Waals surface area contributed by atoms with Crippen LogP contribution in [-0.2, 0) is 11.2 Å². The molecule has 84 valence electrons. The van der Waals surface area contributed by atoms with E-state index in [1.807, 2.05) is 4.40 Å². The van der Waals surface area contributed by atoms with Crippen molar-refractivity contribution in [2.45, 2.75) is 25.4 Å². The van der Waals surface area contributed by atoms with Gasteiger partial charge in [-0.1, -0.05) is 11.6 Å². The predicted molar refractivity (Wildman–Crippen MR) is 58.5 cm³/mol. The highest BCUT2D eigenvalue weighted by Gasteiger charge is 2.18. The predicted octanol–water partition coefficient (Wildman–Crippen LogP) is 1.50. The van der Waals surface area contributed by atoms with E-state index in [9.17, 15) is 0 Å². The van der Waals surface area contributed by atoms with E-state index in [1.165, 1.54) is 0 Å². The Morgan fingerprint density at radius 1 is 1.50 bits per heavy atom. The Labute approximate surface area is 97.4 Å². The topological polar surface area (TPSA) is 52.3 Å². The molecule has 5 nitrogen and oxygen atoms in total. The van der Waals surface area contributed by atoms with Gasteiger partial charge in [0.05, 0.1) is 6.10 Å². The van der Waals surface area contributed by atoms with Gasteiger partial charge in [-0.3, -0.25) is 4.40 Å². The first-order chi connectivity index (χ1) is 7.83. The van der Waals surface area contributed by atoms with Crippen LogP contribution in [-0.4, -0.2) is 32.3 Å². The summed E-state index contributed by atoms with van der Waals surface area (Å²) in [7, 11) is 0. The van der Waals surface area contributed by atoms with Crippen molar-refractivity contribution in [3.63, 3.8) is 0 Å². The molecule has 3 rings (SSSR count). The number of aromatic nitrogens is 4. The second-order valence-electron chi connectivity index (χ2n) is 3.90. The standard InChI is InChI=1S/C10H11ClN4O/c11-8-5-10-14-13-9(15(10)6-12-8)4-7-2-1-3-16-7/h5-7H,1-4H2. The Kier molecular flexibility index (Phi) is 2.49. The van der Waals surface area contributed by atoms with Gasteiger partial charge in [0, 0.05) is 19.1 Å². The van der Waals surface area contributed by atoms with Crippen molar-refractivity contribution in [1.82, 2.24) is 19.6 Å². The maximum atomic E-state index is 5.78. The first-order valence-electron chi connectivity index (χ1n) is 5.30. The zero-order valence-electron chi connectivity index (χ0n) is 8.64. The van der Waals surface area contributed by atoms with Crippen molar-refractivity contribution in [3.05, 3.63) is 23.4 Å². The van der Waals surface area contributed by atoms with Crippen molar-refractivity contribution >= 4 is 17.2 Å². The minimum Gasteiger partial charge on any atom is -0.378 e. The van der Waals surface area contributed by atoms with Crippen LogP contribution in [0.25, 0.3) is 5.65 Å². The van der Waals surface area contributed by atoms with E-state index < -0.39 is 0 Å². The highest BCUT2D eigenvalue weighted by Crippen LogP contribution is 2.17. The van der Waals surface area contributed by atoms with Crippen LogP contribution in [0.15, 0.2) is 12.4 Å². The van der Waals surface area contributed by atoms with E-state index in [0.717, 1.165) is 37.3 Å². The number of fused-ring (bicyclic) bond motifs is 1. The molecule has 1 saturated heterocycles. The molecule has 0 aromatic carbocycles. The average molecular weight is 239 g/mol. The quantitative estimate of drug-likeness (QED) is 0.744. The first kappa shape index (κ1) is 9.99. The number of halogens is 1. The summed E-state index contributed by atoms with van der Waals surface area (Å²) < 4.78 is 7.43. The van der Waals surface area contributed by atoms with Gasteiger partial charge in [0.15, 0.2) is 5.65 Å². The maximum Gasteiger partial charge on any atom is 0.165 e. The van der Waals surface area contributed by atoms with Crippen LogP contribution in [0, 0.1) is 0 Å². The molecule has 2 aromatic heterocycles. The summed E-state index contributed by atoms with van der Waals surface area (Å²) >= 11 is 5.78. The van der Waals surface area contributed by atoms with Crippen molar-refractivity contribution in [3.8, 4) is 0 Å². The molecular weight excluding hydrogens is 228 g/mol. The van der Waals surface area contributed by atoms with Gasteiger partial charge in [0.25, 0.3) is 0 Å². The Bertz CT molecular complexity index is 506. The summed E-state index contributed by atoms with van der Waals surface area (Å²) in [6.07, 6.45) is 4.93. The lowest BCUT2D eigenvalue weighted by Gasteiger charge is -2.06. The van der Waals surface area contributed by atoms with Crippen molar-refractivity contribution in [2.24, 2.45) is 0 Å². The van der Waals surface area contributed by atoms with E-state index >= 15 is 0 Å². The highest BCUT2D eigenvalue weighted by molar-refractivity contribution is 6.29. The van der Waals surface area contributed by atoms with E-state index in [0.29, 0.717) is 5.15 Å². The van der Waals surface area contributed by atoms with Gasteiger partial charge in [0.2, 0.25) is 0 Å². The second-order valence-corrected chi connectivity index (χ2v) is 4.28. The minimum absolute atomic E-state index is 0.267. The highest BCUT2D eigenvalue weighted by atomic mass is 35.5. The molecule has 1 aliphatic heterocycles. The van der Waals surface area contributed by atoms with Gasteiger partial charge >= 0.3 is 0 Å². The second kappa shape index (κ2) is 3.99. The van der Waals surface area contributed by atoms with Gasteiger partial charge in [0.1, 0.15) is 17.3 Å². The normalized spacial score (nSPS) is 20.7. The largest absolute Gasteiger partial charge is 0.378 e. The van der Waals surface area contributed by atoms with Crippen molar-refractivity contribution in [2.75, 3.05) is 6.61 Å². The fourth-order valence-electron chi connectivity index (χ4n) is 1.97. The number of nitrogens with zero attached hydrogens (tertiary/aromatic N) is 4. The Morgan fingerprint density at radius 2 is 2.44 bits per heavy atom. The lowest BCUT2D eigenvalue weighted by atomic mass is 10.2. The molecule has 1 unspecified atom stereocenters. The lowest BCUT2D eigenvalue weighted by Crippen LogP contribution is -2.11. The molecule has 0 amide bonds. The van der Waals surface area contributed by atoms with Gasteiger partial charge in [-0.2, -0.15) is 0 Å². The number of hydrogen-bond acceptors (Lipinski definition) is 4. The summed E-state index contributed by atoms with van der Waals surface area (Å²) in [4.78, 5) is 4.02. The van der Waals surface area contributed by atoms with E-state index in [2.05, 4.69) is 15.2 Å². The summed E-state index contributed by atoms with van der Waals surface area (Å²) in [6.45, 7) is 0.853. The Hall–Kier alpha value is -1.20. The zero-order valence-corrected chi connectivity index (χ0v) is 9.39. The molecule has 1 atom stereocenters. The molecule has 0 aliphatic carbocycles. The van der Waals surface area contributed by atoms with Crippen LogP contribution < -0.4 is 0 Å². The van der Waals surface area contributed by atoms with Crippen LogP contribution in [0.4, 0.5) is 0 Å². The van der Waals surface area contributed by atoms with Gasteiger partial charge < -0.3 is 4.74 Å². The summed E-state index contributed by atoms with van der Waals surface area (Å²) in [5, 5.41) is 8.62. The molecule has 1 aliphatic rings. The van der Waals surface area contributed by atoms with Crippen molar-refractivity contribution in [1.29, 1.82) is 0 Å². The summed E-state index contributed by atoms with van der Waals surface area (Å²) in [5.41, 5.74) is 0.730. The molecule has 0 bridgehead atoms. The third kappa shape index (κ3) is 1.76. The third-order valence-corrected chi connectivity index (χ3v) is 2.98. The van der Waals surface area contributed by atoms with Crippen LogP contribution in [0.1, 0.15) is 18.7 Å². The zero-order chi connectivity index (χ0) is 11.0. The van der Waals surface area contributed by atoms with Gasteiger partial charge in [-0.25, -0.2) is 4.98 Å². The summed E-state index contributed by atoms with van der Waals surface area (Å²) in [5.74, 6) is 0.881. The Morgan fingerprint density at radius 3 is 3.25 bits per heavy atom. The van der Waals surface area contributed by atoms with E-state index in [1.54, 1.807) is 12.4 Å². The maximum absolute atomic E-state index is 5.78. The van der Waals surface area contributed by atoms with E-state index in [-0.39, 0.29) is 6.10 Å². The molecule has 6 heteroatoms. The molecule has 16 heavy (non-hydrogen) atoms.